The van der Waals surface area contributed by atoms with E-state index in [1.165, 1.54) is 0 Å². The van der Waals surface area contributed by atoms with E-state index in [9.17, 15) is 4.79 Å². The van der Waals surface area contributed by atoms with Crippen molar-refractivity contribution in [3.8, 4) is 11.3 Å². The quantitative estimate of drug-likeness (QED) is 0.588. The molecule has 0 atom stereocenters. The number of carbonyl (C=O) groups is 1. The minimum absolute atomic E-state index is 0.298. The molecule has 0 fully saturated rings. The van der Waals surface area contributed by atoms with Gasteiger partial charge in [-0.3, -0.25) is 5.43 Å². The predicted molar refractivity (Wildman–Crippen MR) is 80.4 cm³/mol. The summed E-state index contributed by atoms with van der Waals surface area (Å²) < 4.78 is 4.73. The van der Waals surface area contributed by atoms with E-state index in [1.807, 2.05) is 31.2 Å². The molecule has 0 aliphatic carbocycles. The number of nitrogen functional groups attached to an aromatic ring is 1. The molecule has 7 heteroatoms. The highest BCUT2D eigenvalue weighted by Gasteiger charge is 2.07. The second-order valence-electron chi connectivity index (χ2n) is 4.36. The van der Waals surface area contributed by atoms with Gasteiger partial charge in [0.25, 0.3) is 0 Å². The number of aryl methyl sites for hydroxylation is 1. The van der Waals surface area contributed by atoms with Gasteiger partial charge in [0.2, 0.25) is 0 Å². The summed E-state index contributed by atoms with van der Waals surface area (Å²) in [6.45, 7) is 3.93. The third-order valence-corrected chi connectivity index (χ3v) is 2.71. The van der Waals surface area contributed by atoms with Gasteiger partial charge in [-0.05, 0) is 37.6 Å². The summed E-state index contributed by atoms with van der Waals surface area (Å²) in [7, 11) is 0. The van der Waals surface area contributed by atoms with E-state index in [0.29, 0.717) is 18.1 Å². The van der Waals surface area contributed by atoms with E-state index < -0.39 is 6.09 Å². The molecule has 0 radical (unpaired) electrons. The van der Waals surface area contributed by atoms with Gasteiger partial charge in [0.15, 0.2) is 5.82 Å². The number of rotatable bonds is 4. The Morgan fingerprint density at radius 3 is 2.81 bits per heavy atom. The summed E-state index contributed by atoms with van der Waals surface area (Å²) in [4.78, 5) is 11.2. The third kappa shape index (κ3) is 3.82. The third-order valence-electron chi connectivity index (χ3n) is 2.71. The van der Waals surface area contributed by atoms with Gasteiger partial charge in [0.1, 0.15) is 0 Å². The molecule has 1 heterocycles. The summed E-state index contributed by atoms with van der Waals surface area (Å²) in [6, 6.07) is 9.20. The number of benzene rings is 1. The standard InChI is InChI=1S/C14H17N5O2/c1-3-21-14(20)19-17-12-7-9(2)13(18-16-12)10-5-4-6-11(15)8-10/h4-8H,3,15H2,1-2H3,(H,16,17)(H,19,20). The number of anilines is 2. The predicted octanol–water partition coefficient (Wildman–Crippen LogP) is 2.11. The van der Waals surface area contributed by atoms with Crippen LogP contribution in [0.5, 0.6) is 0 Å². The Morgan fingerprint density at radius 1 is 1.33 bits per heavy atom. The monoisotopic (exact) mass is 287 g/mol. The molecule has 0 bridgehead atoms. The number of hydrogen-bond donors (Lipinski definition) is 3. The summed E-state index contributed by atoms with van der Waals surface area (Å²) in [6.07, 6.45) is -0.572. The smallest absolute Gasteiger partial charge is 0.425 e. The highest BCUT2D eigenvalue weighted by atomic mass is 16.5. The molecule has 1 aromatic carbocycles. The Morgan fingerprint density at radius 2 is 2.14 bits per heavy atom. The molecule has 2 aromatic rings. The maximum absolute atomic E-state index is 11.2. The van der Waals surface area contributed by atoms with Crippen LogP contribution in [0.4, 0.5) is 16.3 Å². The maximum Gasteiger partial charge on any atom is 0.425 e. The molecule has 0 spiro atoms. The normalized spacial score (nSPS) is 10.0. The number of carbonyl (C=O) groups excluding carboxylic acids is 1. The number of ether oxygens (including phenoxy) is 1. The highest BCUT2D eigenvalue weighted by Crippen LogP contribution is 2.23. The number of aromatic nitrogens is 2. The fourth-order valence-corrected chi connectivity index (χ4v) is 1.80. The molecular formula is C14H17N5O2. The van der Waals surface area contributed by atoms with E-state index >= 15 is 0 Å². The number of nitrogens with one attached hydrogen (secondary N) is 2. The van der Waals surface area contributed by atoms with Crippen LogP contribution in [0.15, 0.2) is 30.3 Å². The van der Waals surface area contributed by atoms with Crippen molar-refractivity contribution in [1.82, 2.24) is 15.6 Å². The molecule has 0 aliphatic rings. The molecule has 0 aliphatic heterocycles. The minimum atomic E-state index is -0.572. The summed E-state index contributed by atoms with van der Waals surface area (Å²) >= 11 is 0. The van der Waals surface area contributed by atoms with Gasteiger partial charge in [-0.15, -0.1) is 10.2 Å². The second-order valence-corrected chi connectivity index (χ2v) is 4.36. The molecule has 1 amide bonds. The first-order valence-corrected chi connectivity index (χ1v) is 6.49. The van der Waals surface area contributed by atoms with Gasteiger partial charge >= 0.3 is 6.09 Å². The zero-order valence-corrected chi connectivity index (χ0v) is 11.9. The molecule has 0 saturated carbocycles. The molecule has 21 heavy (non-hydrogen) atoms. The number of hydrogen-bond acceptors (Lipinski definition) is 6. The first-order chi connectivity index (χ1) is 10.1. The molecule has 110 valence electrons. The van der Waals surface area contributed by atoms with Crippen molar-refractivity contribution in [1.29, 1.82) is 0 Å². The van der Waals surface area contributed by atoms with Crippen molar-refractivity contribution >= 4 is 17.6 Å². The van der Waals surface area contributed by atoms with Gasteiger partial charge in [0, 0.05) is 11.3 Å². The maximum atomic E-state index is 11.2. The Labute approximate surface area is 122 Å². The van der Waals surface area contributed by atoms with E-state index in [0.717, 1.165) is 16.8 Å². The van der Waals surface area contributed by atoms with Gasteiger partial charge in [-0.25, -0.2) is 10.2 Å². The lowest BCUT2D eigenvalue weighted by Crippen LogP contribution is -2.30. The van der Waals surface area contributed by atoms with Crippen molar-refractivity contribution in [3.63, 3.8) is 0 Å². The summed E-state index contributed by atoms with van der Waals surface area (Å²) in [5, 5.41) is 8.16. The van der Waals surface area contributed by atoms with Crippen LogP contribution in [-0.4, -0.2) is 22.9 Å². The lowest BCUT2D eigenvalue weighted by molar-refractivity contribution is 0.154. The zero-order valence-electron chi connectivity index (χ0n) is 11.9. The Bertz CT molecular complexity index is 645. The van der Waals surface area contributed by atoms with Crippen molar-refractivity contribution in [2.45, 2.75) is 13.8 Å². The lowest BCUT2D eigenvalue weighted by Gasteiger charge is -2.09. The first kappa shape index (κ1) is 14.6. The van der Waals surface area contributed by atoms with E-state index in [1.54, 1.807) is 13.0 Å². The van der Waals surface area contributed by atoms with Crippen LogP contribution >= 0.6 is 0 Å². The molecule has 4 N–H and O–H groups in total. The van der Waals surface area contributed by atoms with Crippen LogP contribution in [0.2, 0.25) is 0 Å². The van der Waals surface area contributed by atoms with Crippen LogP contribution in [0.3, 0.4) is 0 Å². The Hall–Kier alpha value is -2.83. The molecule has 0 unspecified atom stereocenters. The number of amides is 1. The van der Waals surface area contributed by atoms with Crippen LogP contribution in [-0.2, 0) is 4.74 Å². The highest BCUT2D eigenvalue weighted by molar-refractivity contribution is 5.70. The molecular weight excluding hydrogens is 270 g/mol. The Kier molecular flexibility index (Phi) is 4.55. The average Bonchev–Trinajstić information content (AvgIpc) is 2.45. The van der Waals surface area contributed by atoms with E-state index in [-0.39, 0.29) is 0 Å². The number of nitrogens with zero attached hydrogens (tertiary/aromatic N) is 2. The van der Waals surface area contributed by atoms with Gasteiger partial charge in [-0.1, -0.05) is 12.1 Å². The summed E-state index contributed by atoms with van der Waals surface area (Å²) in [5.74, 6) is 0.424. The average molecular weight is 287 g/mol. The SMILES string of the molecule is CCOC(=O)NNc1cc(C)c(-c2cccc(N)c2)nn1. The van der Waals surface area contributed by atoms with Crippen LogP contribution in [0.25, 0.3) is 11.3 Å². The van der Waals surface area contributed by atoms with Crippen molar-refractivity contribution < 1.29 is 9.53 Å². The molecule has 0 saturated heterocycles. The van der Waals surface area contributed by atoms with E-state index in [2.05, 4.69) is 21.0 Å². The fourth-order valence-electron chi connectivity index (χ4n) is 1.80. The largest absolute Gasteiger partial charge is 0.449 e. The van der Waals surface area contributed by atoms with Crippen LogP contribution in [0, 0.1) is 6.92 Å². The molecule has 7 nitrogen and oxygen atoms in total. The van der Waals surface area contributed by atoms with Crippen LogP contribution < -0.4 is 16.6 Å². The fraction of sp³-hybridized carbons (Fsp3) is 0.214. The van der Waals surface area contributed by atoms with Crippen molar-refractivity contribution in [3.05, 3.63) is 35.9 Å². The van der Waals surface area contributed by atoms with Gasteiger partial charge in [0.05, 0.1) is 12.3 Å². The molecule has 2 rings (SSSR count). The topological polar surface area (TPSA) is 102 Å². The molecule has 1 aromatic heterocycles. The lowest BCUT2D eigenvalue weighted by atomic mass is 10.1. The second kappa shape index (κ2) is 6.56. The van der Waals surface area contributed by atoms with Gasteiger partial charge in [-0.2, -0.15) is 0 Å². The summed E-state index contributed by atoms with van der Waals surface area (Å²) in [5.41, 5.74) is 14.0. The van der Waals surface area contributed by atoms with E-state index in [4.69, 9.17) is 10.5 Å². The number of nitrogens with two attached hydrogens (primary N) is 1. The first-order valence-electron chi connectivity index (χ1n) is 6.49. The van der Waals surface area contributed by atoms with Gasteiger partial charge < -0.3 is 10.5 Å². The van der Waals surface area contributed by atoms with Crippen LogP contribution in [0.1, 0.15) is 12.5 Å². The zero-order chi connectivity index (χ0) is 15.2. The minimum Gasteiger partial charge on any atom is -0.449 e. The number of hydrazine groups is 1. The Balaban J connectivity index is 2.12. The van der Waals surface area contributed by atoms with Crippen molar-refractivity contribution in [2.24, 2.45) is 0 Å². The van der Waals surface area contributed by atoms with Crippen molar-refractivity contribution in [2.75, 3.05) is 17.8 Å².